The van der Waals surface area contributed by atoms with Crippen molar-refractivity contribution in [3.63, 3.8) is 0 Å². The molecule has 0 amide bonds. The number of anilines is 1. The van der Waals surface area contributed by atoms with E-state index in [-0.39, 0.29) is 30.2 Å². The number of rotatable bonds is 6. The van der Waals surface area contributed by atoms with Crippen LogP contribution in [0.2, 0.25) is 5.02 Å². The first kappa shape index (κ1) is 21.0. The molecule has 0 spiro atoms. The minimum absolute atomic E-state index is 0.0179. The number of imidazole rings is 1. The Hall–Kier alpha value is -3.16. The summed E-state index contributed by atoms with van der Waals surface area (Å²) in [5, 5.41) is 37.7. The number of aliphatic hydroxyl groups excluding tert-OH is 1. The molecule has 36 heavy (non-hydrogen) atoms. The molecule has 0 radical (unpaired) electrons. The highest BCUT2D eigenvalue weighted by molar-refractivity contribution is 6.33. The molecule has 1 aromatic carbocycles. The predicted octanol–water partition coefficient (Wildman–Crippen LogP) is 0.606. The van der Waals surface area contributed by atoms with Crippen LogP contribution in [0.25, 0.3) is 28.4 Å². The van der Waals surface area contributed by atoms with Gasteiger partial charge in [-0.2, -0.15) is 14.6 Å². The smallest absolute Gasteiger partial charge is 0.256 e. The summed E-state index contributed by atoms with van der Waals surface area (Å²) in [5.74, 6) is 0.921. The Bertz CT molecular complexity index is 1570. The largest absolute Gasteiger partial charge is 0.389 e. The van der Waals surface area contributed by atoms with Gasteiger partial charge in [0.2, 0.25) is 0 Å². The fraction of sp³-hybridized carbons (Fsp3) is 0.435. The van der Waals surface area contributed by atoms with Gasteiger partial charge >= 0.3 is 0 Å². The number of benzene rings is 1. The number of nitrogens with zero attached hydrogens (tertiary/aromatic N) is 7. The van der Waals surface area contributed by atoms with Gasteiger partial charge in [-0.05, 0) is 13.1 Å². The predicted molar refractivity (Wildman–Crippen MR) is 127 cm³/mol. The van der Waals surface area contributed by atoms with Crippen LogP contribution in [-0.2, 0) is 4.74 Å². The fourth-order valence-corrected chi connectivity index (χ4v) is 7.34. The molecular formula is C23H22ClN9O3. The van der Waals surface area contributed by atoms with Gasteiger partial charge in [-0.3, -0.25) is 5.32 Å². The Morgan fingerprint density at radius 2 is 2.03 bits per heavy atom. The van der Waals surface area contributed by atoms with Crippen molar-refractivity contribution < 1.29 is 14.9 Å². The minimum Gasteiger partial charge on any atom is -0.389 e. The second kappa shape index (κ2) is 6.58. The van der Waals surface area contributed by atoms with Crippen LogP contribution in [0.3, 0.4) is 0 Å². The van der Waals surface area contributed by atoms with Crippen molar-refractivity contribution in [1.29, 1.82) is 0 Å². The van der Waals surface area contributed by atoms with Crippen molar-refractivity contribution in [2.45, 2.75) is 30.1 Å². The van der Waals surface area contributed by atoms with Crippen LogP contribution in [0, 0.1) is 17.3 Å². The second-order valence-electron chi connectivity index (χ2n) is 9.98. The summed E-state index contributed by atoms with van der Waals surface area (Å²) in [6, 6.07) is 7.04. The number of aliphatic hydroxyl groups is 2. The number of hydrogen-bond acceptors (Lipinski definition) is 10. The van der Waals surface area contributed by atoms with E-state index in [2.05, 4.69) is 30.9 Å². The first-order valence-corrected chi connectivity index (χ1v) is 12.2. The van der Waals surface area contributed by atoms with Crippen LogP contribution in [0.15, 0.2) is 36.8 Å². The van der Waals surface area contributed by atoms with E-state index in [1.807, 2.05) is 29.8 Å². The summed E-state index contributed by atoms with van der Waals surface area (Å²) in [7, 11) is 3.59. The topological polar surface area (TPSA) is 151 Å². The summed E-state index contributed by atoms with van der Waals surface area (Å²) in [5.41, 5.74) is 0.809. The van der Waals surface area contributed by atoms with E-state index in [0.717, 1.165) is 5.56 Å². The normalized spacial score (nSPS) is 37.2. The van der Waals surface area contributed by atoms with E-state index in [1.165, 1.54) is 4.68 Å². The highest BCUT2D eigenvalue weighted by atomic mass is 35.5. The lowest BCUT2D eigenvalue weighted by atomic mass is 9.63. The lowest BCUT2D eigenvalue weighted by Crippen LogP contribution is -2.66. The zero-order chi connectivity index (χ0) is 24.6. The SMILES string of the molecule is CNc1nc(-n2cc(-c3ccccc3Cl)nn2)nc2c1ncn2[C@@H]1C2[C@H]3C2(C2O[C@@H]2NC)[C@@H](O)[C@]13O. The number of hydrogen-bond donors (Lipinski definition) is 4. The number of halogens is 1. The number of aromatic nitrogens is 7. The Morgan fingerprint density at radius 3 is 2.75 bits per heavy atom. The van der Waals surface area contributed by atoms with Gasteiger partial charge in [-0.1, -0.05) is 35.0 Å². The van der Waals surface area contributed by atoms with Crippen molar-refractivity contribution in [3.05, 3.63) is 41.8 Å². The third kappa shape index (κ3) is 2.20. The molecule has 0 bridgehead atoms. The lowest BCUT2D eigenvalue weighted by Gasteiger charge is -2.51. The summed E-state index contributed by atoms with van der Waals surface area (Å²) >= 11 is 6.33. The average Bonchev–Trinajstić information content (AvgIpc) is 3.59. The van der Waals surface area contributed by atoms with Gasteiger partial charge in [0, 0.05) is 29.9 Å². The average molecular weight is 508 g/mol. The first-order valence-electron chi connectivity index (χ1n) is 11.8. The molecule has 12 nitrogen and oxygen atoms in total. The van der Waals surface area contributed by atoms with E-state index in [0.29, 0.717) is 33.6 Å². The van der Waals surface area contributed by atoms with Gasteiger partial charge in [0.25, 0.3) is 5.95 Å². The van der Waals surface area contributed by atoms with Crippen LogP contribution in [0.5, 0.6) is 0 Å². The third-order valence-corrected chi connectivity index (χ3v) is 8.98. The molecule has 3 unspecified atom stereocenters. The molecule has 3 aliphatic carbocycles. The van der Waals surface area contributed by atoms with Crippen LogP contribution in [-0.4, -0.2) is 82.9 Å². The molecule has 184 valence electrons. The van der Waals surface area contributed by atoms with Crippen LogP contribution < -0.4 is 10.6 Å². The first-order chi connectivity index (χ1) is 17.5. The van der Waals surface area contributed by atoms with Crippen LogP contribution in [0.4, 0.5) is 5.82 Å². The summed E-state index contributed by atoms with van der Waals surface area (Å²) in [6.45, 7) is 0. The zero-order valence-electron chi connectivity index (χ0n) is 19.2. The molecule has 13 heteroatoms. The van der Waals surface area contributed by atoms with E-state index in [4.69, 9.17) is 21.3 Å². The molecule has 4 N–H and O–H groups in total. The van der Waals surface area contributed by atoms with Crippen LogP contribution >= 0.6 is 11.6 Å². The van der Waals surface area contributed by atoms with Gasteiger partial charge in [0.1, 0.15) is 23.6 Å². The number of nitrogens with one attached hydrogen (secondary N) is 2. The second-order valence-corrected chi connectivity index (χ2v) is 10.4. The third-order valence-electron chi connectivity index (χ3n) is 8.65. The quantitative estimate of drug-likeness (QED) is 0.273. The maximum absolute atomic E-state index is 11.4. The van der Waals surface area contributed by atoms with Crippen molar-refractivity contribution >= 4 is 28.6 Å². The maximum Gasteiger partial charge on any atom is 0.256 e. The molecule has 8 atom stereocenters. The van der Waals surface area contributed by atoms with E-state index >= 15 is 0 Å². The zero-order valence-corrected chi connectivity index (χ0v) is 20.0. The Balaban J connectivity index is 1.20. The van der Waals surface area contributed by atoms with Gasteiger partial charge in [-0.15, -0.1) is 5.10 Å². The highest BCUT2D eigenvalue weighted by Crippen LogP contribution is 2.93. The molecule has 4 fully saturated rings. The van der Waals surface area contributed by atoms with Crippen molar-refractivity contribution in [2.24, 2.45) is 17.3 Å². The van der Waals surface area contributed by atoms with Gasteiger partial charge in [0.05, 0.1) is 29.7 Å². The maximum atomic E-state index is 11.4. The molecule has 4 heterocycles. The Kier molecular flexibility index (Phi) is 3.83. The number of ether oxygens (including phenoxy) is 1. The monoisotopic (exact) mass is 507 g/mol. The molecule has 1 aliphatic heterocycles. The fourth-order valence-electron chi connectivity index (χ4n) is 7.11. The minimum atomic E-state index is -1.22. The Morgan fingerprint density at radius 1 is 1.19 bits per heavy atom. The molecule has 4 aromatic rings. The summed E-state index contributed by atoms with van der Waals surface area (Å²) in [4.78, 5) is 13.9. The summed E-state index contributed by atoms with van der Waals surface area (Å²) in [6.07, 6.45) is 2.35. The lowest BCUT2D eigenvalue weighted by molar-refractivity contribution is -0.220. The van der Waals surface area contributed by atoms with Gasteiger partial charge < -0.3 is 24.8 Å². The molecule has 3 saturated carbocycles. The molecule has 8 rings (SSSR count). The standard InChI is InChI=1S/C23H22ClN9O3/c1-25-17-13-18(29-21(28-17)33-7-11(30-31-33)9-5-3-4-6-10(9)24)32(8-27-13)15-12-14-22(12,16-19(26-2)36-16)20(34)23(14,15)35/h3-8,12,14-16,19-20,26,34-35H,1-2H3,(H,25,28,29)/t12?,14-,15+,16?,19-,20+,22?,23+/m0/s1. The molecule has 1 saturated heterocycles. The van der Waals surface area contributed by atoms with Gasteiger partial charge in [0.15, 0.2) is 17.0 Å². The summed E-state index contributed by atoms with van der Waals surface area (Å²) < 4.78 is 9.12. The van der Waals surface area contributed by atoms with Gasteiger partial charge in [-0.25, -0.2) is 4.98 Å². The van der Waals surface area contributed by atoms with Crippen molar-refractivity contribution in [3.8, 4) is 17.2 Å². The number of likely N-dealkylation sites (N-methyl/N-ethyl adjacent to an activating group) is 1. The van der Waals surface area contributed by atoms with Crippen LogP contribution in [0.1, 0.15) is 6.04 Å². The number of epoxide rings is 1. The molecule has 4 aliphatic rings. The number of fused-ring (bicyclic) bond motifs is 2. The van der Waals surface area contributed by atoms with Crippen molar-refractivity contribution in [1.82, 2.24) is 39.8 Å². The molecular weight excluding hydrogens is 486 g/mol. The van der Waals surface area contributed by atoms with E-state index < -0.39 is 17.1 Å². The van der Waals surface area contributed by atoms with Crippen molar-refractivity contribution in [2.75, 3.05) is 19.4 Å². The highest BCUT2D eigenvalue weighted by Gasteiger charge is 3.03. The Labute approximate surface area is 209 Å². The van der Waals surface area contributed by atoms with E-state index in [9.17, 15) is 10.2 Å². The van der Waals surface area contributed by atoms with E-state index in [1.54, 1.807) is 25.6 Å². The molecule has 3 aromatic heterocycles.